The first-order chi connectivity index (χ1) is 11.3. The minimum absolute atomic E-state index is 0.107. The molecule has 0 unspecified atom stereocenters. The van der Waals surface area contributed by atoms with Gasteiger partial charge in [-0.25, -0.2) is 0 Å². The molecular weight excluding hydrogens is 294 g/mol. The zero-order valence-electron chi connectivity index (χ0n) is 13.4. The molecule has 3 aliphatic heterocycles. The first-order valence-electron chi connectivity index (χ1n) is 8.61. The lowest BCUT2D eigenvalue weighted by Gasteiger charge is -2.21. The predicted molar refractivity (Wildman–Crippen MR) is 85.1 cm³/mol. The molecule has 1 N–H and O–H groups in total. The Morgan fingerprint density at radius 3 is 2.83 bits per heavy atom. The lowest BCUT2D eigenvalue weighted by molar-refractivity contribution is -0.127. The molecule has 4 rings (SSSR count). The molecule has 5 heteroatoms. The third-order valence-electron chi connectivity index (χ3n) is 5.03. The lowest BCUT2D eigenvalue weighted by atomic mass is 9.96. The molecule has 0 spiro atoms. The van der Waals surface area contributed by atoms with Crippen LogP contribution in [0.25, 0.3) is 0 Å². The van der Waals surface area contributed by atoms with Crippen molar-refractivity contribution in [3.8, 4) is 11.5 Å². The molecule has 5 nitrogen and oxygen atoms in total. The molecule has 0 atom stereocenters. The smallest absolute Gasteiger partial charge is 0.223 e. The summed E-state index contributed by atoms with van der Waals surface area (Å²) in [7, 11) is 0. The predicted octanol–water partition coefficient (Wildman–Crippen LogP) is 1.64. The Kier molecular flexibility index (Phi) is 4.12. The number of rotatable bonds is 4. The normalized spacial score (nSPS) is 19.7. The van der Waals surface area contributed by atoms with Gasteiger partial charge in [0, 0.05) is 55.2 Å². The van der Waals surface area contributed by atoms with Crippen LogP contribution in [0.4, 0.5) is 0 Å². The molecule has 0 aromatic heterocycles. The topological polar surface area (TPSA) is 56.8 Å². The number of amides is 1. The van der Waals surface area contributed by atoms with Crippen LogP contribution < -0.4 is 14.8 Å². The Bertz CT molecular complexity index is 575. The molecule has 3 heterocycles. The maximum Gasteiger partial charge on any atom is 0.223 e. The van der Waals surface area contributed by atoms with E-state index in [-0.39, 0.29) is 11.8 Å². The number of hydrogen-bond acceptors (Lipinski definition) is 4. The van der Waals surface area contributed by atoms with Gasteiger partial charge in [-0.05, 0) is 25.3 Å². The highest BCUT2D eigenvalue weighted by atomic mass is 16.5. The maximum atomic E-state index is 12.2. The number of carbonyl (C=O) groups is 1. The van der Waals surface area contributed by atoms with E-state index in [4.69, 9.17) is 14.2 Å². The zero-order valence-corrected chi connectivity index (χ0v) is 13.4. The van der Waals surface area contributed by atoms with Crippen LogP contribution >= 0.6 is 0 Å². The van der Waals surface area contributed by atoms with Crippen molar-refractivity contribution < 1.29 is 19.0 Å². The van der Waals surface area contributed by atoms with E-state index in [1.165, 1.54) is 16.7 Å². The highest BCUT2D eigenvalue weighted by molar-refractivity contribution is 5.78. The van der Waals surface area contributed by atoms with Gasteiger partial charge in [0.15, 0.2) is 0 Å². The summed E-state index contributed by atoms with van der Waals surface area (Å²) < 4.78 is 16.9. The first kappa shape index (κ1) is 14.8. The largest absolute Gasteiger partial charge is 0.493 e. The van der Waals surface area contributed by atoms with Crippen LogP contribution in [-0.2, 0) is 28.8 Å². The molecule has 1 aromatic rings. The summed E-state index contributed by atoms with van der Waals surface area (Å²) in [5.41, 5.74) is 3.75. The minimum Gasteiger partial charge on any atom is -0.493 e. The Balaban J connectivity index is 1.42. The highest BCUT2D eigenvalue weighted by Crippen LogP contribution is 2.40. The third-order valence-corrected chi connectivity index (χ3v) is 5.03. The number of carbonyl (C=O) groups excluding carboxylic acids is 1. The highest BCUT2D eigenvalue weighted by Gasteiger charge is 2.26. The van der Waals surface area contributed by atoms with Crippen molar-refractivity contribution in [2.24, 2.45) is 5.92 Å². The number of benzene rings is 1. The van der Waals surface area contributed by atoms with E-state index < -0.39 is 0 Å². The molecular formula is C18H23NO4. The van der Waals surface area contributed by atoms with Gasteiger partial charge in [0.2, 0.25) is 5.91 Å². The third kappa shape index (κ3) is 2.90. The fourth-order valence-electron chi connectivity index (χ4n) is 3.76. The fourth-order valence-corrected chi connectivity index (χ4v) is 3.76. The van der Waals surface area contributed by atoms with Crippen LogP contribution in [-0.4, -0.2) is 38.9 Å². The van der Waals surface area contributed by atoms with Crippen LogP contribution in [0.5, 0.6) is 11.5 Å². The van der Waals surface area contributed by atoms with Gasteiger partial charge >= 0.3 is 0 Å². The molecule has 0 radical (unpaired) electrons. The number of hydrogen-bond donors (Lipinski definition) is 1. The average Bonchev–Trinajstić information content (AvgIpc) is 3.23. The zero-order chi connectivity index (χ0) is 15.6. The molecule has 0 aliphatic carbocycles. The molecule has 0 saturated carbocycles. The van der Waals surface area contributed by atoms with Crippen molar-refractivity contribution in [3.05, 3.63) is 22.8 Å². The molecule has 1 fully saturated rings. The van der Waals surface area contributed by atoms with Crippen molar-refractivity contribution in [2.75, 3.05) is 33.0 Å². The van der Waals surface area contributed by atoms with Crippen molar-refractivity contribution in [3.63, 3.8) is 0 Å². The standard InChI is InChI=1S/C18H23NO4/c20-18(12-2-7-21-8-3-12)19-6-1-15-14-5-10-22-16(14)11-13-4-9-23-17(13)15/h11-12H,1-10H2,(H,19,20). The monoisotopic (exact) mass is 317 g/mol. The summed E-state index contributed by atoms with van der Waals surface area (Å²) in [5.74, 6) is 2.32. The van der Waals surface area contributed by atoms with Gasteiger partial charge in [0.25, 0.3) is 0 Å². The van der Waals surface area contributed by atoms with Crippen molar-refractivity contribution in [1.29, 1.82) is 0 Å². The summed E-state index contributed by atoms with van der Waals surface area (Å²) in [6.07, 6.45) is 4.37. The summed E-state index contributed by atoms with van der Waals surface area (Å²) in [5, 5.41) is 3.09. The Morgan fingerprint density at radius 2 is 1.96 bits per heavy atom. The Hall–Kier alpha value is -1.75. The average molecular weight is 317 g/mol. The summed E-state index contributed by atoms with van der Waals surface area (Å²) >= 11 is 0. The molecule has 1 saturated heterocycles. The number of fused-ring (bicyclic) bond motifs is 2. The van der Waals surface area contributed by atoms with E-state index in [0.29, 0.717) is 19.8 Å². The Morgan fingerprint density at radius 1 is 1.13 bits per heavy atom. The van der Waals surface area contributed by atoms with E-state index in [1.807, 2.05) is 0 Å². The van der Waals surface area contributed by atoms with Crippen LogP contribution in [0.3, 0.4) is 0 Å². The van der Waals surface area contributed by atoms with Gasteiger partial charge in [-0.3, -0.25) is 4.79 Å². The quantitative estimate of drug-likeness (QED) is 0.917. The maximum absolute atomic E-state index is 12.2. The van der Waals surface area contributed by atoms with Crippen molar-refractivity contribution >= 4 is 5.91 Å². The second kappa shape index (κ2) is 6.40. The molecule has 23 heavy (non-hydrogen) atoms. The van der Waals surface area contributed by atoms with Gasteiger partial charge in [-0.2, -0.15) is 0 Å². The summed E-state index contributed by atoms with van der Waals surface area (Å²) in [6, 6.07) is 2.13. The summed E-state index contributed by atoms with van der Waals surface area (Å²) in [6.45, 7) is 3.55. The summed E-state index contributed by atoms with van der Waals surface area (Å²) in [4.78, 5) is 12.2. The van der Waals surface area contributed by atoms with E-state index in [9.17, 15) is 4.79 Å². The van der Waals surface area contributed by atoms with Gasteiger partial charge in [0.05, 0.1) is 13.2 Å². The molecule has 0 bridgehead atoms. The van der Waals surface area contributed by atoms with Crippen molar-refractivity contribution in [1.82, 2.24) is 5.32 Å². The molecule has 1 aromatic carbocycles. The van der Waals surface area contributed by atoms with E-state index in [1.54, 1.807) is 0 Å². The van der Waals surface area contributed by atoms with Gasteiger partial charge in [-0.15, -0.1) is 0 Å². The van der Waals surface area contributed by atoms with Crippen LogP contribution in [0.2, 0.25) is 0 Å². The number of ether oxygens (including phenoxy) is 3. The first-order valence-corrected chi connectivity index (χ1v) is 8.61. The van der Waals surface area contributed by atoms with E-state index in [0.717, 1.165) is 56.8 Å². The van der Waals surface area contributed by atoms with Gasteiger partial charge in [-0.1, -0.05) is 0 Å². The minimum atomic E-state index is 0.107. The number of nitrogens with one attached hydrogen (secondary N) is 1. The second-order valence-corrected chi connectivity index (χ2v) is 6.44. The van der Waals surface area contributed by atoms with E-state index in [2.05, 4.69) is 11.4 Å². The van der Waals surface area contributed by atoms with Crippen molar-refractivity contribution in [2.45, 2.75) is 32.1 Å². The van der Waals surface area contributed by atoms with Crippen LogP contribution in [0, 0.1) is 5.92 Å². The van der Waals surface area contributed by atoms with Gasteiger partial charge in [0.1, 0.15) is 11.5 Å². The molecule has 124 valence electrons. The SMILES string of the molecule is O=C(NCCc1c2c(cc3c1OCC3)OCC2)C1CCOCC1. The lowest BCUT2D eigenvalue weighted by Crippen LogP contribution is -2.35. The van der Waals surface area contributed by atoms with Gasteiger partial charge < -0.3 is 19.5 Å². The van der Waals surface area contributed by atoms with Crippen LogP contribution in [0.1, 0.15) is 29.5 Å². The van der Waals surface area contributed by atoms with Crippen LogP contribution in [0.15, 0.2) is 6.07 Å². The second-order valence-electron chi connectivity index (χ2n) is 6.44. The molecule has 1 amide bonds. The molecule has 3 aliphatic rings. The fraction of sp³-hybridized carbons (Fsp3) is 0.611. The Labute approximate surface area is 136 Å². The van der Waals surface area contributed by atoms with E-state index >= 15 is 0 Å².